The third-order valence-corrected chi connectivity index (χ3v) is 5.24. The van der Waals surface area contributed by atoms with E-state index in [0.29, 0.717) is 17.9 Å². The molecule has 2 aromatic carbocycles. The molecule has 1 heterocycles. The largest absolute Gasteiger partial charge is 0.484 e. The van der Waals surface area contributed by atoms with Crippen molar-refractivity contribution >= 4 is 17.5 Å². The summed E-state index contributed by atoms with van der Waals surface area (Å²) in [5.74, 6) is -0.315. The summed E-state index contributed by atoms with van der Waals surface area (Å²) in [4.78, 5) is 28.6. The Balaban J connectivity index is 1.47. The minimum atomic E-state index is -4.49. The SMILES string of the molecule is CN(CCN1CCCC1)C(=O)c1ccc(OCC(=O)Nc2cccc(C(F)(F)F)c2)cc1. The van der Waals surface area contributed by atoms with Gasteiger partial charge in [0.1, 0.15) is 5.75 Å². The van der Waals surface area contributed by atoms with Gasteiger partial charge in [-0.05, 0) is 68.4 Å². The third-order valence-electron chi connectivity index (χ3n) is 5.24. The van der Waals surface area contributed by atoms with E-state index in [4.69, 9.17) is 4.74 Å². The van der Waals surface area contributed by atoms with Gasteiger partial charge < -0.3 is 19.9 Å². The molecule has 1 aliphatic heterocycles. The van der Waals surface area contributed by atoms with Crippen LogP contribution in [0, 0.1) is 0 Å². The molecule has 32 heavy (non-hydrogen) atoms. The summed E-state index contributed by atoms with van der Waals surface area (Å²) in [5, 5.41) is 2.38. The molecule has 3 rings (SSSR count). The fraction of sp³-hybridized carbons (Fsp3) is 0.391. The molecule has 0 radical (unpaired) electrons. The summed E-state index contributed by atoms with van der Waals surface area (Å²) in [5.41, 5.74) is -0.303. The molecular weight excluding hydrogens is 423 g/mol. The third kappa shape index (κ3) is 6.71. The van der Waals surface area contributed by atoms with Gasteiger partial charge in [0.2, 0.25) is 0 Å². The summed E-state index contributed by atoms with van der Waals surface area (Å²) >= 11 is 0. The van der Waals surface area contributed by atoms with E-state index in [9.17, 15) is 22.8 Å². The van der Waals surface area contributed by atoms with E-state index >= 15 is 0 Å². The highest BCUT2D eigenvalue weighted by Gasteiger charge is 2.30. The Bertz CT molecular complexity index is 926. The number of likely N-dealkylation sites (tertiary alicyclic amines) is 1. The topological polar surface area (TPSA) is 61.9 Å². The van der Waals surface area contributed by atoms with Gasteiger partial charge in [-0.25, -0.2) is 0 Å². The van der Waals surface area contributed by atoms with Crippen molar-refractivity contribution < 1.29 is 27.5 Å². The fourth-order valence-electron chi connectivity index (χ4n) is 3.43. The van der Waals surface area contributed by atoms with Crippen molar-refractivity contribution in [2.75, 3.05) is 45.2 Å². The molecule has 1 aliphatic rings. The Morgan fingerprint density at radius 2 is 1.78 bits per heavy atom. The normalized spacial score (nSPS) is 14.2. The van der Waals surface area contributed by atoms with Crippen molar-refractivity contribution in [3.05, 3.63) is 59.7 Å². The van der Waals surface area contributed by atoms with Crippen LogP contribution in [0.5, 0.6) is 5.75 Å². The molecule has 2 amide bonds. The molecule has 0 spiro atoms. The van der Waals surface area contributed by atoms with Crippen LogP contribution in [-0.2, 0) is 11.0 Å². The smallest absolute Gasteiger partial charge is 0.416 e. The van der Waals surface area contributed by atoms with E-state index < -0.39 is 17.6 Å². The summed E-state index contributed by atoms with van der Waals surface area (Å²) < 4.78 is 43.7. The number of anilines is 1. The number of hydrogen-bond donors (Lipinski definition) is 1. The van der Waals surface area contributed by atoms with Gasteiger partial charge in [-0.2, -0.15) is 13.2 Å². The monoisotopic (exact) mass is 449 g/mol. The highest BCUT2D eigenvalue weighted by Crippen LogP contribution is 2.30. The zero-order chi connectivity index (χ0) is 23.1. The lowest BCUT2D eigenvalue weighted by atomic mass is 10.2. The predicted molar refractivity (Wildman–Crippen MR) is 115 cm³/mol. The first-order chi connectivity index (χ1) is 15.2. The van der Waals surface area contributed by atoms with E-state index in [1.54, 1.807) is 36.2 Å². The quantitative estimate of drug-likeness (QED) is 0.664. The average Bonchev–Trinajstić information content (AvgIpc) is 3.29. The number of rotatable bonds is 8. The van der Waals surface area contributed by atoms with Crippen LogP contribution in [0.1, 0.15) is 28.8 Å². The van der Waals surface area contributed by atoms with E-state index in [0.717, 1.165) is 31.8 Å². The minimum Gasteiger partial charge on any atom is -0.484 e. The molecule has 2 aromatic rings. The molecule has 0 saturated carbocycles. The average molecular weight is 449 g/mol. The van der Waals surface area contributed by atoms with E-state index in [-0.39, 0.29) is 18.2 Å². The Hall–Kier alpha value is -3.07. The Morgan fingerprint density at radius 1 is 1.09 bits per heavy atom. The van der Waals surface area contributed by atoms with E-state index in [1.807, 2.05) is 0 Å². The van der Waals surface area contributed by atoms with Gasteiger partial charge in [0, 0.05) is 31.4 Å². The molecule has 6 nitrogen and oxygen atoms in total. The number of nitrogens with one attached hydrogen (secondary N) is 1. The zero-order valence-corrected chi connectivity index (χ0v) is 17.8. The maximum absolute atomic E-state index is 12.8. The highest BCUT2D eigenvalue weighted by molar-refractivity contribution is 5.94. The predicted octanol–water partition coefficient (Wildman–Crippen LogP) is 3.89. The van der Waals surface area contributed by atoms with E-state index in [1.165, 1.54) is 25.0 Å². The summed E-state index contributed by atoms with van der Waals surface area (Å²) in [6, 6.07) is 10.8. The fourth-order valence-corrected chi connectivity index (χ4v) is 3.43. The number of carbonyl (C=O) groups excluding carboxylic acids is 2. The van der Waals surface area contributed by atoms with Crippen molar-refractivity contribution in [3.63, 3.8) is 0 Å². The number of likely N-dealkylation sites (N-methyl/N-ethyl adjacent to an activating group) is 1. The van der Waals surface area contributed by atoms with Crippen LogP contribution in [0.4, 0.5) is 18.9 Å². The van der Waals surface area contributed by atoms with Crippen molar-refractivity contribution in [2.45, 2.75) is 19.0 Å². The van der Waals surface area contributed by atoms with Gasteiger partial charge in [-0.1, -0.05) is 6.07 Å². The maximum Gasteiger partial charge on any atom is 0.416 e. The number of nitrogens with zero attached hydrogens (tertiary/aromatic N) is 2. The van der Waals surface area contributed by atoms with Gasteiger partial charge in [0.05, 0.1) is 5.56 Å². The number of ether oxygens (including phenoxy) is 1. The molecule has 0 aromatic heterocycles. The zero-order valence-electron chi connectivity index (χ0n) is 17.8. The first-order valence-electron chi connectivity index (χ1n) is 10.4. The van der Waals surface area contributed by atoms with Crippen LogP contribution < -0.4 is 10.1 Å². The maximum atomic E-state index is 12.8. The first kappa shape index (κ1) is 23.6. The molecule has 1 saturated heterocycles. The molecule has 1 N–H and O–H groups in total. The molecular formula is C23H26F3N3O3. The van der Waals surface area contributed by atoms with Gasteiger partial charge in [0.15, 0.2) is 6.61 Å². The van der Waals surface area contributed by atoms with Gasteiger partial charge in [0.25, 0.3) is 11.8 Å². The van der Waals surface area contributed by atoms with Crippen LogP contribution in [0.15, 0.2) is 48.5 Å². The second kappa shape index (κ2) is 10.5. The highest BCUT2D eigenvalue weighted by atomic mass is 19.4. The Kier molecular flexibility index (Phi) is 7.74. The van der Waals surface area contributed by atoms with Crippen LogP contribution in [0.2, 0.25) is 0 Å². The number of benzene rings is 2. The van der Waals surface area contributed by atoms with Crippen molar-refractivity contribution in [1.29, 1.82) is 0 Å². The lowest BCUT2D eigenvalue weighted by Crippen LogP contribution is -2.35. The lowest BCUT2D eigenvalue weighted by Gasteiger charge is -2.21. The second-order valence-corrected chi connectivity index (χ2v) is 7.72. The number of alkyl halides is 3. The van der Waals surface area contributed by atoms with Crippen molar-refractivity contribution in [2.24, 2.45) is 0 Å². The molecule has 0 aliphatic carbocycles. The molecule has 9 heteroatoms. The molecule has 172 valence electrons. The van der Waals surface area contributed by atoms with Gasteiger partial charge >= 0.3 is 6.18 Å². The molecule has 0 unspecified atom stereocenters. The molecule has 0 bridgehead atoms. The molecule has 0 atom stereocenters. The molecule has 1 fully saturated rings. The number of halogens is 3. The Morgan fingerprint density at radius 3 is 2.44 bits per heavy atom. The first-order valence-corrected chi connectivity index (χ1v) is 10.4. The van der Waals surface area contributed by atoms with E-state index in [2.05, 4.69) is 10.2 Å². The van der Waals surface area contributed by atoms with Gasteiger partial charge in [-0.3, -0.25) is 9.59 Å². The van der Waals surface area contributed by atoms with Crippen molar-refractivity contribution in [3.8, 4) is 5.75 Å². The minimum absolute atomic E-state index is 0.0336. The number of hydrogen-bond acceptors (Lipinski definition) is 4. The Labute approximate surface area is 184 Å². The standard InChI is InChI=1S/C23H26F3N3O3/c1-28(13-14-29-11-2-3-12-29)22(31)17-7-9-20(10-8-17)32-16-21(30)27-19-6-4-5-18(15-19)23(24,25)26/h4-10,15H,2-3,11-14,16H2,1H3,(H,27,30). The second-order valence-electron chi connectivity index (χ2n) is 7.72. The van der Waals surface area contributed by atoms with Crippen LogP contribution in [0.25, 0.3) is 0 Å². The van der Waals surface area contributed by atoms with Crippen LogP contribution in [-0.4, -0.2) is 61.4 Å². The van der Waals surface area contributed by atoms with Crippen LogP contribution in [0.3, 0.4) is 0 Å². The summed E-state index contributed by atoms with van der Waals surface area (Å²) in [6.07, 6.45) is -2.08. The lowest BCUT2D eigenvalue weighted by molar-refractivity contribution is -0.137. The van der Waals surface area contributed by atoms with Crippen LogP contribution >= 0.6 is 0 Å². The number of carbonyl (C=O) groups is 2. The number of amides is 2. The summed E-state index contributed by atoms with van der Waals surface area (Å²) in [7, 11) is 1.76. The van der Waals surface area contributed by atoms with Crippen molar-refractivity contribution in [1.82, 2.24) is 9.80 Å². The van der Waals surface area contributed by atoms with Gasteiger partial charge in [-0.15, -0.1) is 0 Å². The summed E-state index contributed by atoms with van der Waals surface area (Å²) in [6.45, 7) is 3.28.